The molecule has 1 aliphatic rings. The van der Waals surface area contributed by atoms with Gasteiger partial charge in [0.05, 0.1) is 11.0 Å². The van der Waals surface area contributed by atoms with E-state index in [0.29, 0.717) is 12.8 Å². The van der Waals surface area contributed by atoms with Crippen LogP contribution in [-0.4, -0.2) is 40.7 Å². The molecule has 2 heterocycles. The van der Waals surface area contributed by atoms with Crippen LogP contribution in [0.4, 0.5) is 0 Å². The van der Waals surface area contributed by atoms with Gasteiger partial charge >= 0.3 is 0 Å². The smallest absolute Gasteiger partial charge is 0.176 e. The topological polar surface area (TPSA) is 81.6 Å². The molecule has 0 saturated heterocycles. The van der Waals surface area contributed by atoms with Crippen molar-refractivity contribution in [3.63, 3.8) is 0 Å². The predicted octanol–water partition coefficient (Wildman–Crippen LogP) is 2.92. The SMILES string of the molecule is OC1(C(n2nnc3ccccc32)n2nnc3ccccc32)CCCCC1. The Bertz CT molecular complexity index is 988. The van der Waals surface area contributed by atoms with Crippen molar-refractivity contribution < 1.29 is 5.11 Å². The first-order valence-corrected chi connectivity index (χ1v) is 9.08. The molecule has 0 radical (unpaired) electrons. The summed E-state index contributed by atoms with van der Waals surface area (Å²) in [4.78, 5) is 0. The van der Waals surface area contributed by atoms with E-state index in [1.165, 1.54) is 0 Å². The van der Waals surface area contributed by atoms with E-state index in [4.69, 9.17) is 0 Å². The van der Waals surface area contributed by atoms with Gasteiger partial charge in [-0.05, 0) is 37.1 Å². The first-order chi connectivity index (χ1) is 12.8. The van der Waals surface area contributed by atoms with Gasteiger partial charge in [0.1, 0.15) is 16.6 Å². The van der Waals surface area contributed by atoms with Gasteiger partial charge in [-0.3, -0.25) is 0 Å². The highest BCUT2D eigenvalue weighted by Crippen LogP contribution is 2.39. The van der Waals surface area contributed by atoms with Gasteiger partial charge < -0.3 is 5.11 Å². The largest absolute Gasteiger partial charge is 0.386 e. The zero-order valence-electron chi connectivity index (χ0n) is 14.4. The van der Waals surface area contributed by atoms with Crippen molar-refractivity contribution in [2.24, 2.45) is 0 Å². The third-order valence-electron chi connectivity index (χ3n) is 5.42. The Morgan fingerprint density at radius 3 is 1.81 bits per heavy atom. The molecular formula is C19H20N6O. The molecule has 0 amide bonds. The Balaban J connectivity index is 1.76. The number of rotatable bonds is 3. The van der Waals surface area contributed by atoms with Crippen LogP contribution in [0.15, 0.2) is 48.5 Å². The molecule has 2 aromatic carbocycles. The second kappa shape index (κ2) is 5.88. The maximum Gasteiger partial charge on any atom is 0.176 e. The molecule has 26 heavy (non-hydrogen) atoms. The summed E-state index contributed by atoms with van der Waals surface area (Å²) in [6, 6.07) is 15.6. The highest BCUT2D eigenvalue weighted by Gasteiger charge is 2.43. The van der Waals surface area contributed by atoms with Crippen molar-refractivity contribution in [1.82, 2.24) is 30.0 Å². The van der Waals surface area contributed by atoms with Crippen molar-refractivity contribution in [3.05, 3.63) is 48.5 Å². The summed E-state index contributed by atoms with van der Waals surface area (Å²) in [6.07, 6.45) is 4.06. The maximum atomic E-state index is 11.6. The first kappa shape index (κ1) is 15.5. The van der Waals surface area contributed by atoms with Crippen LogP contribution in [0.5, 0.6) is 0 Å². The van der Waals surface area contributed by atoms with Crippen LogP contribution >= 0.6 is 0 Å². The maximum absolute atomic E-state index is 11.6. The van der Waals surface area contributed by atoms with Gasteiger partial charge in [0.15, 0.2) is 6.17 Å². The number of aliphatic hydroxyl groups is 1. The number of hydrogen-bond donors (Lipinski definition) is 1. The summed E-state index contributed by atoms with van der Waals surface area (Å²) >= 11 is 0. The minimum atomic E-state index is -0.939. The molecule has 4 aromatic rings. The van der Waals surface area contributed by atoms with Gasteiger partial charge in [-0.15, -0.1) is 10.2 Å². The molecule has 1 saturated carbocycles. The standard InChI is InChI=1S/C19H20N6O/c26-19(12-6-1-7-13-19)18(24-16-10-4-2-8-14(16)20-22-24)25-17-11-5-3-9-15(17)21-23-25/h2-5,8-11,18,26H,1,6-7,12-13H2. The molecule has 1 fully saturated rings. The number of benzene rings is 2. The molecule has 7 heteroatoms. The van der Waals surface area contributed by atoms with Gasteiger partial charge in [0.25, 0.3) is 0 Å². The monoisotopic (exact) mass is 348 g/mol. The van der Waals surface area contributed by atoms with E-state index in [-0.39, 0.29) is 0 Å². The molecule has 132 valence electrons. The van der Waals surface area contributed by atoms with Crippen LogP contribution in [0.1, 0.15) is 38.3 Å². The fraction of sp³-hybridized carbons (Fsp3) is 0.368. The predicted molar refractivity (Wildman–Crippen MR) is 97.5 cm³/mol. The molecule has 2 aromatic heterocycles. The molecule has 1 aliphatic carbocycles. The number of para-hydroxylation sites is 2. The lowest BCUT2D eigenvalue weighted by Crippen LogP contribution is -2.45. The van der Waals surface area contributed by atoms with Crippen molar-refractivity contribution >= 4 is 22.1 Å². The zero-order valence-corrected chi connectivity index (χ0v) is 14.4. The third-order valence-corrected chi connectivity index (χ3v) is 5.42. The Labute approximate surface area is 150 Å². The second-order valence-electron chi connectivity index (χ2n) is 7.08. The van der Waals surface area contributed by atoms with Crippen LogP contribution in [-0.2, 0) is 0 Å². The number of nitrogens with zero attached hydrogens (tertiary/aromatic N) is 6. The Kier molecular flexibility index (Phi) is 3.49. The Hall–Kier alpha value is -2.80. The third kappa shape index (κ3) is 2.31. The van der Waals surface area contributed by atoms with Crippen molar-refractivity contribution in [3.8, 4) is 0 Å². The van der Waals surface area contributed by atoms with Crippen LogP contribution in [0.3, 0.4) is 0 Å². The van der Waals surface area contributed by atoms with Crippen molar-refractivity contribution in [2.75, 3.05) is 0 Å². The molecule has 7 nitrogen and oxygen atoms in total. The summed E-state index contributed by atoms with van der Waals surface area (Å²) in [7, 11) is 0. The fourth-order valence-electron chi connectivity index (χ4n) is 4.12. The molecule has 0 aliphatic heterocycles. The molecule has 5 rings (SSSR count). The van der Waals surface area contributed by atoms with Crippen LogP contribution in [0, 0.1) is 0 Å². The average molecular weight is 348 g/mol. The van der Waals surface area contributed by atoms with E-state index in [1.807, 2.05) is 57.9 Å². The van der Waals surface area contributed by atoms with Crippen molar-refractivity contribution in [1.29, 1.82) is 0 Å². The lowest BCUT2D eigenvalue weighted by molar-refractivity contribution is -0.0593. The highest BCUT2D eigenvalue weighted by molar-refractivity contribution is 5.75. The van der Waals surface area contributed by atoms with E-state index in [0.717, 1.165) is 41.3 Å². The number of hydrogen-bond acceptors (Lipinski definition) is 5. The van der Waals surface area contributed by atoms with E-state index >= 15 is 0 Å². The van der Waals surface area contributed by atoms with Gasteiger partial charge in [0.2, 0.25) is 0 Å². The summed E-state index contributed by atoms with van der Waals surface area (Å²) in [6.45, 7) is 0. The number of fused-ring (bicyclic) bond motifs is 2. The van der Waals surface area contributed by atoms with Crippen LogP contribution in [0.2, 0.25) is 0 Å². The molecular weight excluding hydrogens is 328 g/mol. The van der Waals surface area contributed by atoms with Gasteiger partial charge in [0, 0.05) is 0 Å². The summed E-state index contributed by atoms with van der Waals surface area (Å²) in [5.74, 6) is 0. The lowest BCUT2D eigenvalue weighted by atomic mass is 9.82. The van der Waals surface area contributed by atoms with Crippen LogP contribution in [0.25, 0.3) is 22.1 Å². The Morgan fingerprint density at radius 2 is 1.27 bits per heavy atom. The number of aromatic nitrogens is 6. The molecule has 1 N–H and O–H groups in total. The fourth-order valence-corrected chi connectivity index (χ4v) is 4.12. The van der Waals surface area contributed by atoms with Crippen LogP contribution < -0.4 is 0 Å². The lowest BCUT2D eigenvalue weighted by Gasteiger charge is -2.39. The minimum absolute atomic E-state index is 0.484. The van der Waals surface area contributed by atoms with E-state index in [9.17, 15) is 5.11 Å². The van der Waals surface area contributed by atoms with E-state index < -0.39 is 11.8 Å². The first-order valence-electron chi connectivity index (χ1n) is 9.08. The summed E-state index contributed by atoms with van der Waals surface area (Å²) in [5.41, 5.74) is 2.44. The van der Waals surface area contributed by atoms with Gasteiger partial charge in [-0.2, -0.15) is 0 Å². The van der Waals surface area contributed by atoms with Crippen molar-refractivity contribution in [2.45, 2.75) is 43.9 Å². The second-order valence-corrected chi connectivity index (χ2v) is 7.08. The molecule has 0 unspecified atom stereocenters. The summed E-state index contributed by atoms with van der Waals surface area (Å²) in [5, 5.41) is 29.0. The molecule has 0 spiro atoms. The quantitative estimate of drug-likeness (QED) is 0.616. The summed E-state index contributed by atoms with van der Waals surface area (Å²) < 4.78 is 3.61. The minimum Gasteiger partial charge on any atom is -0.386 e. The van der Waals surface area contributed by atoms with Gasteiger partial charge in [-0.1, -0.05) is 54.0 Å². The normalized spacial score (nSPS) is 17.3. The highest BCUT2D eigenvalue weighted by atomic mass is 16.3. The average Bonchev–Trinajstić information content (AvgIpc) is 3.28. The zero-order chi connectivity index (χ0) is 17.6. The van der Waals surface area contributed by atoms with Gasteiger partial charge in [-0.25, -0.2) is 9.36 Å². The Morgan fingerprint density at radius 1 is 0.769 bits per heavy atom. The molecule has 0 bridgehead atoms. The van der Waals surface area contributed by atoms with E-state index in [1.54, 1.807) is 0 Å². The van der Waals surface area contributed by atoms with E-state index in [2.05, 4.69) is 20.6 Å². The molecule has 0 atom stereocenters.